The van der Waals surface area contributed by atoms with Gasteiger partial charge in [0.15, 0.2) is 0 Å². The van der Waals surface area contributed by atoms with Gasteiger partial charge in [-0.05, 0) is 13.0 Å². The maximum Gasteiger partial charge on any atom is 0.323 e. The SMILES string of the molecule is Cc1nc2ccccc2c2c1C(=O)N(CC(=O)O)C2=O. The summed E-state index contributed by atoms with van der Waals surface area (Å²) in [5.41, 5.74) is 1.50. The summed E-state index contributed by atoms with van der Waals surface area (Å²) in [7, 11) is 0. The third kappa shape index (κ3) is 1.58. The lowest BCUT2D eigenvalue weighted by atomic mass is 10.0. The normalized spacial score (nSPS) is 13.9. The van der Waals surface area contributed by atoms with E-state index in [2.05, 4.69) is 4.98 Å². The van der Waals surface area contributed by atoms with Gasteiger partial charge in [-0.2, -0.15) is 0 Å². The second-order valence-electron chi connectivity index (χ2n) is 4.55. The van der Waals surface area contributed by atoms with Gasteiger partial charge >= 0.3 is 5.97 Å². The number of carbonyl (C=O) groups excluding carboxylic acids is 2. The van der Waals surface area contributed by atoms with Crippen molar-refractivity contribution < 1.29 is 19.5 Å². The Morgan fingerprint density at radius 3 is 2.55 bits per heavy atom. The van der Waals surface area contributed by atoms with Crippen LogP contribution in [0.3, 0.4) is 0 Å². The molecule has 3 rings (SSSR count). The molecular weight excluding hydrogens is 260 g/mol. The van der Waals surface area contributed by atoms with Crippen LogP contribution in [0, 0.1) is 6.92 Å². The molecule has 0 fully saturated rings. The number of rotatable bonds is 2. The molecule has 6 nitrogen and oxygen atoms in total. The fraction of sp³-hybridized carbons (Fsp3) is 0.143. The summed E-state index contributed by atoms with van der Waals surface area (Å²) < 4.78 is 0. The molecule has 1 aliphatic heterocycles. The quantitative estimate of drug-likeness (QED) is 0.829. The Labute approximate surface area is 113 Å². The Morgan fingerprint density at radius 2 is 1.85 bits per heavy atom. The molecule has 6 heteroatoms. The largest absolute Gasteiger partial charge is 0.480 e. The molecule has 0 bridgehead atoms. The van der Waals surface area contributed by atoms with Crippen LogP contribution in [0.1, 0.15) is 26.4 Å². The van der Waals surface area contributed by atoms with Crippen molar-refractivity contribution in [3.05, 3.63) is 41.1 Å². The topological polar surface area (TPSA) is 87.6 Å². The van der Waals surface area contributed by atoms with Gasteiger partial charge in [0, 0.05) is 5.39 Å². The number of pyridine rings is 1. The van der Waals surface area contributed by atoms with E-state index in [1.807, 2.05) is 0 Å². The van der Waals surface area contributed by atoms with E-state index in [0.29, 0.717) is 16.6 Å². The summed E-state index contributed by atoms with van der Waals surface area (Å²) in [5, 5.41) is 9.38. The lowest BCUT2D eigenvalue weighted by molar-refractivity contribution is -0.137. The number of carboxylic acids is 1. The van der Waals surface area contributed by atoms with Gasteiger partial charge in [-0.15, -0.1) is 0 Å². The fourth-order valence-corrected chi connectivity index (χ4v) is 2.46. The molecule has 0 spiro atoms. The summed E-state index contributed by atoms with van der Waals surface area (Å²) in [6.07, 6.45) is 0. The second-order valence-corrected chi connectivity index (χ2v) is 4.55. The van der Waals surface area contributed by atoms with Crippen molar-refractivity contribution in [2.75, 3.05) is 6.54 Å². The van der Waals surface area contributed by atoms with Crippen molar-refractivity contribution in [2.45, 2.75) is 6.92 Å². The van der Waals surface area contributed by atoms with Gasteiger partial charge in [0.25, 0.3) is 11.8 Å². The monoisotopic (exact) mass is 270 g/mol. The molecule has 100 valence electrons. The molecule has 0 saturated heterocycles. The number of aryl methyl sites for hydroxylation is 1. The first-order valence-corrected chi connectivity index (χ1v) is 5.98. The molecule has 1 aromatic carbocycles. The predicted molar refractivity (Wildman–Crippen MR) is 69.5 cm³/mol. The average molecular weight is 270 g/mol. The van der Waals surface area contributed by atoms with Crippen LogP contribution < -0.4 is 0 Å². The number of carboxylic acid groups (broad SMARTS) is 1. The zero-order chi connectivity index (χ0) is 14.4. The maximum atomic E-state index is 12.3. The molecule has 1 aromatic heterocycles. The highest BCUT2D eigenvalue weighted by Gasteiger charge is 2.39. The zero-order valence-corrected chi connectivity index (χ0v) is 10.6. The van der Waals surface area contributed by atoms with E-state index < -0.39 is 24.3 Å². The minimum atomic E-state index is -1.23. The Morgan fingerprint density at radius 1 is 1.20 bits per heavy atom. The summed E-state index contributed by atoms with van der Waals surface area (Å²) in [4.78, 5) is 40.4. The molecule has 1 aliphatic rings. The number of para-hydroxylation sites is 1. The maximum absolute atomic E-state index is 12.3. The molecule has 0 aliphatic carbocycles. The van der Waals surface area contributed by atoms with Gasteiger partial charge in [0.05, 0.1) is 22.3 Å². The molecule has 2 heterocycles. The average Bonchev–Trinajstić information content (AvgIpc) is 2.64. The number of hydrogen-bond acceptors (Lipinski definition) is 4. The molecule has 0 unspecified atom stereocenters. The minimum absolute atomic E-state index is 0.204. The third-order valence-corrected chi connectivity index (χ3v) is 3.28. The molecule has 0 atom stereocenters. The van der Waals surface area contributed by atoms with E-state index in [0.717, 1.165) is 4.90 Å². The van der Waals surface area contributed by atoms with Gasteiger partial charge in [0.1, 0.15) is 6.54 Å². The van der Waals surface area contributed by atoms with Crippen molar-refractivity contribution in [3.63, 3.8) is 0 Å². The number of carbonyl (C=O) groups is 3. The number of hydrogen-bond donors (Lipinski definition) is 1. The number of benzene rings is 1. The molecule has 1 N–H and O–H groups in total. The van der Waals surface area contributed by atoms with Crippen LogP contribution in [0.25, 0.3) is 10.9 Å². The first kappa shape index (κ1) is 12.3. The third-order valence-electron chi connectivity index (χ3n) is 3.28. The smallest absolute Gasteiger partial charge is 0.323 e. The zero-order valence-electron chi connectivity index (χ0n) is 10.6. The summed E-state index contributed by atoms with van der Waals surface area (Å²) in [5.74, 6) is -2.40. The molecular formula is C14H10N2O4. The number of fused-ring (bicyclic) bond motifs is 3. The van der Waals surface area contributed by atoms with E-state index in [9.17, 15) is 14.4 Å². The number of nitrogens with zero attached hydrogens (tertiary/aromatic N) is 2. The van der Waals surface area contributed by atoms with Gasteiger partial charge < -0.3 is 5.11 Å². The first-order valence-electron chi connectivity index (χ1n) is 5.98. The van der Waals surface area contributed by atoms with Crippen LogP contribution >= 0.6 is 0 Å². The van der Waals surface area contributed by atoms with E-state index in [4.69, 9.17) is 5.11 Å². The highest BCUT2D eigenvalue weighted by molar-refractivity contribution is 6.27. The Bertz CT molecular complexity index is 782. The lowest BCUT2D eigenvalue weighted by Crippen LogP contribution is -2.34. The molecule has 0 radical (unpaired) electrons. The first-order chi connectivity index (χ1) is 9.50. The van der Waals surface area contributed by atoms with Crippen molar-refractivity contribution in [1.29, 1.82) is 0 Å². The molecule has 0 saturated carbocycles. The van der Waals surface area contributed by atoms with Gasteiger partial charge in [-0.25, -0.2) is 0 Å². The highest BCUT2D eigenvalue weighted by Crippen LogP contribution is 2.30. The number of imide groups is 1. The molecule has 2 aromatic rings. The van der Waals surface area contributed by atoms with E-state index in [1.54, 1.807) is 31.2 Å². The fourth-order valence-electron chi connectivity index (χ4n) is 2.46. The van der Waals surface area contributed by atoms with Crippen LogP contribution in [-0.2, 0) is 4.79 Å². The Balaban J connectivity index is 2.29. The van der Waals surface area contributed by atoms with Gasteiger partial charge in [-0.3, -0.25) is 24.3 Å². The van der Waals surface area contributed by atoms with Gasteiger partial charge in [0.2, 0.25) is 0 Å². The number of aliphatic carboxylic acids is 1. The van der Waals surface area contributed by atoms with Crippen molar-refractivity contribution in [3.8, 4) is 0 Å². The summed E-state index contributed by atoms with van der Waals surface area (Å²) in [6, 6.07) is 6.99. The predicted octanol–water partition coefficient (Wildman–Crippen LogP) is 1.22. The number of amides is 2. The summed E-state index contributed by atoms with van der Waals surface area (Å²) >= 11 is 0. The lowest BCUT2D eigenvalue weighted by Gasteiger charge is -2.09. The van der Waals surface area contributed by atoms with E-state index in [1.165, 1.54) is 0 Å². The standard InChI is InChI=1S/C14H10N2O4/c1-7-11-12(8-4-2-3-5-9(8)15-7)14(20)16(13(11)19)6-10(17)18/h2-5H,6H2,1H3,(H,17,18). The van der Waals surface area contributed by atoms with Crippen LogP contribution in [0.15, 0.2) is 24.3 Å². The molecule has 20 heavy (non-hydrogen) atoms. The summed E-state index contributed by atoms with van der Waals surface area (Å²) in [6.45, 7) is 1.00. The molecule has 2 amide bonds. The number of aromatic nitrogens is 1. The second kappa shape index (κ2) is 4.12. The van der Waals surface area contributed by atoms with Crippen molar-refractivity contribution in [1.82, 2.24) is 9.88 Å². The van der Waals surface area contributed by atoms with Crippen molar-refractivity contribution in [2.24, 2.45) is 0 Å². The van der Waals surface area contributed by atoms with Crippen LogP contribution in [0.2, 0.25) is 0 Å². The van der Waals surface area contributed by atoms with Crippen molar-refractivity contribution >= 4 is 28.7 Å². The van der Waals surface area contributed by atoms with E-state index in [-0.39, 0.29) is 11.1 Å². The van der Waals surface area contributed by atoms with E-state index >= 15 is 0 Å². The Hall–Kier alpha value is -2.76. The minimum Gasteiger partial charge on any atom is -0.480 e. The van der Waals surface area contributed by atoms with Crippen LogP contribution in [-0.4, -0.2) is 39.3 Å². The van der Waals surface area contributed by atoms with Crippen LogP contribution in [0.4, 0.5) is 0 Å². The van der Waals surface area contributed by atoms with Gasteiger partial charge in [-0.1, -0.05) is 18.2 Å². The highest BCUT2D eigenvalue weighted by atomic mass is 16.4. The Kier molecular flexibility index (Phi) is 2.53. The van der Waals surface area contributed by atoms with Crippen LogP contribution in [0.5, 0.6) is 0 Å².